The topological polar surface area (TPSA) is 44.8 Å². The second-order valence-electron chi connectivity index (χ2n) is 0.995. The molecule has 0 bridgehead atoms. The fourth-order valence-electron chi connectivity index (χ4n) is 0.224. The Balaban J connectivity index is -0.000000245. The van der Waals surface area contributed by atoms with Gasteiger partial charge in [0.15, 0.2) is 0 Å². The molecule has 0 aromatic heterocycles. The van der Waals surface area contributed by atoms with Crippen LogP contribution >= 0.6 is 7.82 Å². The molecule has 0 spiro atoms. The summed E-state index contributed by atoms with van der Waals surface area (Å²) in [7, 11) is 0.611. The first-order chi connectivity index (χ1) is 3.68. The van der Waals surface area contributed by atoms with Gasteiger partial charge >= 0.3 is 59.2 Å². The van der Waals surface area contributed by atoms with E-state index in [1.54, 1.807) is 0 Å². The zero-order valence-electron chi connectivity index (χ0n) is 7.08. The molecule has 0 fully saturated rings. The summed E-state index contributed by atoms with van der Waals surface area (Å²) in [6.07, 6.45) is 0. The minimum Gasteiger partial charge on any atom is -1.00 e. The van der Waals surface area contributed by atoms with Gasteiger partial charge in [0.1, 0.15) is 0 Å². The minimum absolute atomic E-state index is 0. The Morgan fingerprint density at radius 1 is 1.11 bits per heavy atom. The molecule has 9 heavy (non-hydrogen) atoms. The van der Waals surface area contributed by atoms with Crippen LogP contribution in [-0.4, -0.2) is 21.3 Å². The van der Waals surface area contributed by atoms with Gasteiger partial charge in [-0.25, -0.2) is 4.57 Å². The molecule has 6 heteroatoms. The largest absolute Gasteiger partial charge is 1.00 e. The summed E-state index contributed by atoms with van der Waals surface area (Å²) in [5, 5.41) is 0. The second-order valence-corrected chi connectivity index (χ2v) is 2.98. The molecule has 0 aromatic carbocycles. The van der Waals surface area contributed by atoms with Crippen molar-refractivity contribution in [2.45, 2.75) is 0 Å². The van der Waals surface area contributed by atoms with Gasteiger partial charge in [0.2, 0.25) is 0 Å². The molecule has 0 amide bonds. The van der Waals surface area contributed by atoms with Crippen LogP contribution in [-0.2, 0) is 18.1 Å². The third-order valence-electron chi connectivity index (χ3n) is 0.671. The molecule has 0 aliphatic heterocycles. The van der Waals surface area contributed by atoms with Crippen LogP contribution in [0.3, 0.4) is 0 Å². The van der Waals surface area contributed by atoms with Crippen molar-refractivity contribution >= 4 is 7.82 Å². The fourth-order valence-corrected chi connectivity index (χ4v) is 0.671. The smallest absolute Gasteiger partial charge is 1.00 e. The first-order valence-electron chi connectivity index (χ1n) is 1.96. The van der Waals surface area contributed by atoms with Crippen LogP contribution in [0, 0.1) is 0 Å². The molecule has 0 radical (unpaired) electrons. The van der Waals surface area contributed by atoms with Crippen molar-refractivity contribution in [1.82, 2.24) is 0 Å². The normalized spacial score (nSPS) is 10.6. The molecule has 0 heterocycles. The Morgan fingerprint density at radius 3 is 1.33 bits per heavy atom. The maximum Gasteiger partial charge on any atom is 1.00 e. The van der Waals surface area contributed by atoms with Gasteiger partial charge in [-0.3, -0.25) is 13.6 Å². The molecule has 0 aliphatic rings. The van der Waals surface area contributed by atoms with E-state index in [-0.39, 0.29) is 52.8 Å². The Labute approximate surface area is 98.8 Å². The van der Waals surface area contributed by atoms with Gasteiger partial charge in [0.25, 0.3) is 0 Å². The van der Waals surface area contributed by atoms with Crippen molar-refractivity contribution in [2.24, 2.45) is 0 Å². The maximum absolute atomic E-state index is 10.7. The maximum atomic E-state index is 10.7. The summed E-state index contributed by atoms with van der Waals surface area (Å²) in [6.45, 7) is 0. The molecule has 4 nitrogen and oxygen atoms in total. The van der Waals surface area contributed by atoms with Gasteiger partial charge in [-0.05, 0) is 0 Å². The average molecular weight is 180 g/mol. The van der Waals surface area contributed by atoms with E-state index >= 15 is 0 Å². The van der Waals surface area contributed by atoms with E-state index in [0.717, 1.165) is 0 Å². The Hall–Kier alpha value is 1.75. The van der Waals surface area contributed by atoms with E-state index in [2.05, 4.69) is 13.6 Å². The van der Waals surface area contributed by atoms with Gasteiger partial charge < -0.3 is 1.43 Å². The Bertz CT molecular complexity index is 91.7. The number of hydrogen-bond donors (Lipinski definition) is 0. The predicted molar refractivity (Wildman–Crippen MR) is 29.7 cm³/mol. The number of phosphoric acid groups is 1. The SMILES string of the molecule is COP(=O)(OC)OC.[H-].[K+]. The summed E-state index contributed by atoms with van der Waals surface area (Å²) < 4.78 is 23.7. The van der Waals surface area contributed by atoms with Crippen molar-refractivity contribution in [1.29, 1.82) is 0 Å². The number of hydrogen-bond acceptors (Lipinski definition) is 4. The van der Waals surface area contributed by atoms with Crippen LogP contribution in [0.5, 0.6) is 0 Å². The average Bonchev–Trinajstić information content (AvgIpc) is 1.87. The summed E-state index contributed by atoms with van der Waals surface area (Å²) in [5.41, 5.74) is 0. The van der Waals surface area contributed by atoms with Crippen LogP contribution in [0.1, 0.15) is 1.43 Å². The number of phosphoric ester groups is 1. The van der Waals surface area contributed by atoms with E-state index in [1.165, 1.54) is 21.3 Å². The molecular formula is C3H10KO4P. The van der Waals surface area contributed by atoms with Crippen LogP contribution in [0.2, 0.25) is 0 Å². The molecule has 52 valence electrons. The first kappa shape index (κ1) is 13.3. The Morgan fingerprint density at radius 2 is 1.33 bits per heavy atom. The quantitative estimate of drug-likeness (QED) is 0.378. The van der Waals surface area contributed by atoms with Crippen LogP contribution in [0.25, 0.3) is 0 Å². The molecule has 0 saturated heterocycles. The van der Waals surface area contributed by atoms with Crippen molar-refractivity contribution in [2.75, 3.05) is 21.3 Å². The van der Waals surface area contributed by atoms with Crippen molar-refractivity contribution in [3.05, 3.63) is 0 Å². The molecule has 0 rings (SSSR count). The van der Waals surface area contributed by atoms with Gasteiger partial charge in [-0.15, -0.1) is 0 Å². The van der Waals surface area contributed by atoms with Gasteiger partial charge in [0, 0.05) is 21.3 Å². The van der Waals surface area contributed by atoms with Crippen molar-refractivity contribution in [3.8, 4) is 0 Å². The zero-order chi connectivity index (χ0) is 6.62. The number of rotatable bonds is 3. The van der Waals surface area contributed by atoms with Gasteiger partial charge in [-0.2, -0.15) is 0 Å². The van der Waals surface area contributed by atoms with Crippen LogP contribution < -0.4 is 51.4 Å². The second kappa shape index (κ2) is 6.46. The van der Waals surface area contributed by atoms with Crippen LogP contribution in [0.15, 0.2) is 0 Å². The molecule has 0 aromatic rings. The fraction of sp³-hybridized carbons (Fsp3) is 1.00. The molecular weight excluding hydrogens is 170 g/mol. The minimum atomic E-state index is -3.16. The molecule has 0 aliphatic carbocycles. The van der Waals surface area contributed by atoms with E-state index in [4.69, 9.17) is 0 Å². The van der Waals surface area contributed by atoms with E-state index in [9.17, 15) is 4.57 Å². The van der Waals surface area contributed by atoms with Crippen molar-refractivity contribution in [3.63, 3.8) is 0 Å². The van der Waals surface area contributed by atoms with Crippen LogP contribution in [0.4, 0.5) is 0 Å². The summed E-state index contributed by atoms with van der Waals surface area (Å²) in [6, 6.07) is 0. The predicted octanol–water partition coefficient (Wildman–Crippen LogP) is -1.85. The zero-order valence-corrected chi connectivity index (χ0v) is 10.1. The molecule has 0 N–H and O–H groups in total. The Kier molecular flexibility index (Phi) is 9.57. The summed E-state index contributed by atoms with van der Waals surface area (Å²) in [5.74, 6) is 0. The third-order valence-corrected chi connectivity index (χ3v) is 2.01. The van der Waals surface area contributed by atoms with E-state index in [1.807, 2.05) is 0 Å². The van der Waals surface area contributed by atoms with E-state index < -0.39 is 7.82 Å². The third kappa shape index (κ3) is 5.06. The monoisotopic (exact) mass is 180 g/mol. The molecule has 0 atom stereocenters. The molecule has 0 unspecified atom stereocenters. The summed E-state index contributed by atoms with van der Waals surface area (Å²) >= 11 is 0. The van der Waals surface area contributed by atoms with Crippen molar-refractivity contribution < 1.29 is 70.9 Å². The first-order valence-corrected chi connectivity index (χ1v) is 3.42. The van der Waals surface area contributed by atoms with Gasteiger partial charge in [-0.1, -0.05) is 0 Å². The van der Waals surface area contributed by atoms with E-state index in [0.29, 0.717) is 0 Å². The van der Waals surface area contributed by atoms with Gasteiger partial charge in [0.05, 0.1) is 0 Å². The standard InChI is InChI=1S/C3H9O4P.K.H/c1-5-8(4,6-2)7-3;;/h1-3H3;;/q;+1;-1. The molecule has 0 saturated carbocycles. The summed E-state index contributed by atoms with van der Waals surface area (Å²) in [4.78, 5) is 0.